The van der Waals surface area contributed by atoms with Gasteiger partial charge in [-0.25, -0.2) is 9.97 Å². The van der Waals surface area contributed by atoms with Crippen LogP contribution in [0.15, 0.2) is 12.4 Å². The van der Waals surface area contributed by atoms with Crippen LogP contribution >= 0.6 is 0 Å². The molecule has 1 heterocycles. The molecule has 1 aromatic rings. The van der Waals surface area contributed by atoms with Gasteiger partial charge in [-0.15, -0.1) is 0 Å². The second kappa shape index (κ2) is 8.86. The van der Waals surface area contributed by atoms with Gasteiger partial charge in [-0.1, -0.05) is 39.0 Å². The highest BCUT2D eigenvalue weighted by molar-refractivity contribution is 5.14. The van der Waals surface area contributed by atoms with Crippen molar-refractivity contribution in [3.8, 4) is 5.88 Å². The van der Waals surface area contributed by atoms with Crippen molar-refractivity contribution in [3.05, 3.63) is 18.1 Å². The summed E-state index contributed by atoms with van der Waals surface area (Å²) in [6, 6.07) is 2.04. The van der Waals surface area contributed by atoms with E-state index in [1.165, 1.54) is 38.4 Å². The zero-order chi connectivity index (χ0) is 13.2. The molecule has 0 aliphatic heterocycles. The van der Waals surface area contributed by atoms with E-state index in [4.69, 9.17) is 10.5 Å². The van der Waals surface area contributed by atoms with Crippen LogP contribution in [0.1, 0.15) is 51.1 Å². The summed E-state index contributed by atoms with van der Waals surface area (Å²) in [4.78, 5) is 8.20. The first kappa shape index (κ1) is 14.9. The number of aromatic nitrogens is 2. The largest absolute Gasteiger partial charge is 0.481 e. The molecule has 0 fully saturated rings. The minimum absolute atomic E-state index is 0.186. The zero-order valence-electron chi connectivity index (χ0n) is 11.6. The van der Waals surface area contributed by atoms with Gasteiger partial charge in [-0.05, 0) is 6.42 Å². The number of methoxy groups -OCH3 is 1. The molecule has 1 atom stereocenters. The summed E-state index contributed by atoms with van der Waals surface area (Å²) in [6.45, 7) is 2.23. The van der Waals surface area contributed by atoms with E-state index in [1.54, 1.807) is 7.11 Å². The Hall–Kier alpha value is -1.16. The lowest BCUT2D eigenvalue weighted by atomic mass is 10.0. The average Bonchev–Trinajstić information content (AvgIpc) is 2.38. The second-order valence-electron chi connectivity index (χ2n) is 4.72. The fraction of sp³-hybridized carbons (Fsp3) is 0.714. The van der Waals surface area contributed by atoms with Gasteiger partial charge in [0.15, 0.2) is 0 Å². The third kappa shape index (κ3) is 5.96. The number of rotatable bonds is 9. The van der Waals surface area contributed by atoms with E-state index in [-0.39, 0.29) is 6.04 Å². The Bertz CT molecular complexity index is 331. The van der Waals surface area contributed by atoms with E-state index in [0.29, 0.717) is 5.88 Å². The predicted octanol–water partition coefficient (Wildman–Crippen LogP) is 2.72. The van der Waals surface area contributed by atoms with E-state index in [0.717, 1.165) is 18.5 Å². The summed E-state index contributed by atoms with van der Waals surface area (Å²) in [5.41, 5.74) is 7.07. The molecule has 0 aromatic carbocycles. The molecule has 18 heavy (non-hydrogen) atoms. The quantitative estimate of drug-likeness (QED) is 0.685. The normalized spacial score (nSPS) is 12.4. The molecular weight excluding hydrogens is 226 g/mol. The molecule has 0 saturated heterocycles. The van der Waals surface area contributed by atoms with Crippen LogP contribution in [-0.4, -0.2) is 23.1 Å². The lowest BCUT2D eigenvalue weighted by molar-refractivity contribution is 0.395. The summed E-state index contributed by atoms with van der Waals surface area (Å²) in [6.07, 6.45) is 9.83. The van der Waals surface area contributed by atoms with Crippen LogP contribution in [0.25, 0.3) is 0 Å². The first-order chi connectivity index (χ1) is 8.76. The van der Waals surface area contributed by atoms with Crippen LogP contribution in [-0.2, 0) is 6.42 Å². The fourth-order valence-corrected chi connectivity index (χ4v) is 1.98. The Balaban J connectivity index is 2.24. The molecule has 0 bridgehead atoms. The third-order valence-corrected chi connectivity index (χ3v) is 3.06. The minimum atomic E-state index is 0.186. The Morgan fingerprint density at radius 3 is 2.72 bits per heavy atom. The number of hydrogen-bond donors (Lipinski definition) is 1. The lowest BCUT2D eigenvalue weighted by Gasteiger charge is -2.11. The standard InChI is InChI=1S/C14H25N3O/c1-3-4-5-6-7-8-12(15)9-13-10-14(18-2)17-11-16-13/h10-12H,3-9,15H2,1-2H3. The summed E-state index contributed by atoms with van der Waals surface area (Å²) in [5.74, 6) is 0.607. The van der Waals surface area contributed by atoms with Gasteiger partial charge in [0.05, 0.1) is 7.11 Å². The molecular formula is C14H25N3O. The maximum Gasteiger partial charge on any atom is 0.216 e. The number of ether oxygens (including phenoxy) is 1. The monoisotopic (exact) mass is 251 g/mol. The Morgan fingerprint density at radius 1 is 1.22 bits per heavy atom. The fourth-order valence-electron chi connectivity index (χ4n) is 1.98. The Kier molecular flexibility index (Phi) is 7.34. The highest BCUT2D eigenvalue weighted by Crippen LogP contribution is 2.11. The molecule has 4 heteroatoms. The molecule has 0 amide bonds. The van der Waals surface area contributed by atoms with Crippen molar-refractivity contribution in [1.82, 2.24) is 9.97 Å². The second-order valence-corrected chi connectivity index (χ2v) is 4.72. The van der Waals surface area contributed by atoms with E-state index in [9.17, 15) is 0 Å². The summed E-state index contributed by atoms with van der Waals surface area (Å²) < 4.78 is 5.07. The van der Waals surface area contributed by atoms with E-state index >= 15 is 0 Å². The smallest absolute Gasteiger partial charge is 0.216 e. The molecule has 4 nitrogen and oxygen atoms in total. The molecule has 102 valence electrons. The number of hydrogen-bond acceptors (Lipinski definition) is 4. The number of unbranched alkanes of at least 4 members (excludes halogenated alkanes) is 4. The van der Waals surface area contributed by atoms with Crippen molar-refractivity contribution in [2.45, 2.75) is 57.9 Å². The third-order valence-electron chi connectivity index (χ3n) is 3.06. The summed E-state index contributed by atoms with van der Waals surface area (Å²) in [5, 5.41) is 0. The van der Waals surface area contributed by atoms with Crippen molar-refractivity contribution in [1.29, 1.82) is 0 Å². The van der Waals surface area contributed by atoms with Gasteiger partial charge in [-0.3, -0.25) is 0 Å². The zero-order valence-corrected chi connectivity index (χ0v) is 11.6. The summed E-state index contributed by atoms with van der Waals surface area (Å²) in [7, 11) is 1.61. The Morgan fingerprint density at radius 2 is 2.00 bits per heavy atom. The molecule has 1 rings (SSSR count). The average molecular weight is 251 g/mol. The maximum atomic E-state index is 6.11. The van der Waals surface area contributed by atoms with Gasteiger partial charge >= 0.3 is 0 Å². The van der Waals surface area contributed by atoms with Gasteiger partial charge in [0, 0.05) is 24.2 Å². The predicted molar refractivity (Wildman–Crippen MR) is 73.6 cm³/mol. The molecule has 0 radical (unpaired) electrons. The molecule has 1 unspecified atom stereocenters. The van der Waals surface area contributed by atoms with Crippen molar-refractivity contribution >= 4 is 0 Å². The maximum absolute atomic E-state index is 6.11. The lowest BCUT2D eigenvalue weighted by Crippen LogP contribution is -2.23. The molecule has 1 aromatic heterocycles. The minimum Gasteiger partial charge on any atom is -0.481 e. The van der Waals surface area contributed by atoms with Gasteiger partial charge in [0.25, 0.3) is 0 Å². The topological polar surface area (TPSA) is 61.0 Å². The molecule has 0 spiro atoms. The van der Waals surface area contributed by atoms with Crippen LogP contribution in [0.5, 0.6) is 5.88 Å². The van der Waals surface area contributed by atoms with E-state index in [1.807, 2.05) is 6.07 Å². The van der Waals surface area contributed by atoms with Crippen molar-refractivity contribution in [2.75, 3.05) is 7.11 Å². The van der Waals surface area contributed by atoms with Gasteiger partial charge in [-0.2, -0.15) is 0 Å². The first-order valence-electron chi connectivity index (χ1n) is 6.86. The van der Waals surface area contributed by atoms with Gasteiger partial charge in [0.2, 0.25) is 5.88 Å². The van der Waals surface area contributed by atoms with Crippen LogP contribution in [0.3, 0.4) is 0 Å². The van der Waals surface area contributed by atoms with Crippen LogP contribution < -0.4 is 10.5 Å². The Labute approximate surface area is 110 Å². The number of nitrogens with zero attached hydrogens (tertiary/aromatic N) is 2. The molecule has 0 saturated carbocycles. The summed E-state index contributed by atoms with van der Waals surface area (Å²) >= 11 is 0. The van der Waals surface area contributed by atoms with Gasteiger partial charge in [0.1, 0.15) is 6.33 Å². The highest BCUT2D eigenvalue weighted by Gasteiger charge is 2.06. The highest BCUT2D eigenvalue weighted by atomic mass is 16.5. The SMILES string of the molecule is CCCCCCCC(N)Cc1cc(OC)ncn1. The first-order valence-corrected chi connectivity index (χ1v) is 6.86. The van der Waals surface area contributed by atoms with E-state index < -0.39 is 0 Å². The molecule has 0 aliphatic carbocycles. The van der Waals surface area contributed by atoms with Crippen molar-refractivity contribution in [2.24, 2.45) is 5.73 Å². The van der Waals surface area contributed by atoms with Gasteiger partial charge < -0.3 is 10.5 Å². The van der Waals surface area contributed by atoms with Crippen molar-refractivity contribution < 1.29 is 4.74 Å². The molecule has 2 N–H and O–H groups in total. The van der Waals surface area contributed by atoms with Crippen LogP contribution in [0.2, 0.25) is 0 Å². The van der Waals surface area contributed by atoms with Crippen LogP contribution in [0, 0.1) is 0 Å². The van der Waals surface area contributed by atoms with Crippen LogP contribution in [0.4, 0.5) is 0 Å². The van der Waals surface area contributed by atoms with Crippen molar-refractivity contribution in [3.63, 3.8) is 0 Å². The van der Waals surface area contributed by atoms with E-state index in [2.05, 4.69) is 16.9 Å². The number of nitrogens with two attached hydrogens (primary N) is 1. The molecule has 0 aliphatic rings.